The van der Waals surface area contributed by atoms with Gasteiger partial charge in [-0.2, -0.15) is 13.2 Å². The molecule has 1 unspecified atom stereocenters. The predicted octanol–water partition coefficient (Wildman–Crippen LogP) is 2.32. The van der Waals surface area contributed by atoms with Crippen LogP contribution in [0.15, 0.2) is 18.2 Å². The quantitative estimate of drug-likeness (QED) is 0.858. The highest BCUT2D eigenvalue weighted by atomic mass is 19.4. The number of piperazine rings is 1. The molecule has 2 aliphatic rings. The van der Waals surface area contributed by atoms with E-state index in [0.29, 0.717) is 12.1 Å². The minimum atomic E-state index is -4.52. The molecule has 7 heteroatoms. The molecule has 2 saturated heterocycles. The molecule has 0 saturated carbocycles. The monoisotopic (exact) mass is 331 g/mol. The van der Waals surface area contributed by atoms with E-state index >= 15 is 0 Å². The van der Waals surface area contributed by atoms with Crippen LogP contribution in [0.25, 0.3) is 0 Å². The average molecular weight is 331 g/mol. The first-order valence-corrected chi connectivity index (χ1v) is 7.96. The lowest BCUT2D eigenvalue weighted by Gasteiger charge is -2.38. The van der Waals surface area contributed by atoms with Crippen LogP contribution in [-0.4, -0.2) is 55.1 Å². The minimum Gasteiger partial charge on any atom is -0.315 e. The van der Waals surface area contributed by atoms with Gasteiger partial charge in [0.2, 0.25) is 0 Å². The Morgan fingerprint density at radius 1 is 1.13 bits per heavy atom. The van der Waals surface area contributed by atoms with Gasteiger partial charge in [-0.05, 0) is 30.7 Å². The van der Waals surface area contributed by atoms with Crippen molar-refractivity contribution in [3.8, 4) is 0 Å². The fraction of sp³-hybridized carbons (Fsp3) is 0.625. The molecule has 0 spiro atoms. The molecule has 0 radical (unpaired) electrons. The largest absolute Gasteiger partial charge is 0.416 e. The van der Waals surface area contributed by atoms with Gasteiger partial charge < -0.3 is 5.32 Å². The van der Waals surface area contributed by atoms with Gasteiger partial charge in [-0.25, -0.2) is 4.39 Å². The molecule has 0 aliphatic carbocycles. The second-order valence-electron chi connectivity index (χ2n) is 6.26. The van der Waals surface area contributed by atoms with Gasteiger partial charge in [-0.1, -0.05) is 6.07 Å². The Morgan fingerprint density at radius 2 is 1.87 bits per heavy atom. The van der Waals surface area contributed by atoms with E-state index in [0.717, 1.165) is 51.8 Å². The van der Waals surface area contributed by atoms with Gasteiger partial charge in [0.1, 0.15) is 5.82 Å². The van der Waals surface area contributed by atoms with Crippen molar-refractivity contribution in [1.82, 2.24) is 15.1 Å². The molecule has 3 nitrogen and oxygen atoms in total. The molecule has 23 heavy (non-hydrogen) atoms. The zero-order valence-electron chi connectivity index (χ0n) is 12.9. The van der Waals surface area contributed by atoms with E-state index in [-0.39, 0.29) is 12.1 Å². The maximum Gasteiger partial charge on any atom is 0.416 e. The maximum atomic E-state index is 13.2. The molecule has 0 aromatic heterocycles. The maximum absolute atomic E-state index is 13.2. The summed E-state index contributed by atoms with van der Waals surface area (Å²) in [6.45, 7) is 5.47. The van der Waals surface area contributed by atoms with E-state index in [4.69, 9.17) is 0 Å². The summed E-state index contributed by atoms with van der Waals surface area (Å²) < 4.78 is 52.3. The highest BCUT2D eigenvalue weighted by Gasteiger charge is 2.34. The Hall–Kier alpha value is -1.18. The second kappa shape index (κ2) is 6.75. The second-order valence-corrected chi connectivity index (χ2v) is 6.26. The van der Waals surface area contributed by atoms with Gasteiger partial charge in [0.25, 0.3) is 0 Å². The smallest absolute Gasteiger partial charge is 0.315 e. The van der Waals surface area contributed by atoms with Crippen molar-refractivity contribution >= 4 is 0 Å². The Balaban J connectivity index is 1.62. The number of hydrogen-bond donors (Lipinski definition) is 1. The molecule has 0 bridgehead atoms. The van der Waals surface area contributed by atoms with E-state index < -0.39 is 17.6 Å². The summed E-state index contributed by atoms with van der Waals surface area (Å²) in [6.07, 6.45) is -3.38. The van der Waals surface area contributed by atoms with Crippen molar-refractivity contribution in [2.24, 2.45) is 0 Å². The fourth-order valence-electron chi connectivity index (χ4n) is 3.43. The zero-order valence-corrected chi connectivity index (χ0v) is 12.9. The summed E-state index contributed by atoms with van der Waals surface area (Å²) in [5.41, 5.74) is -0.713. The summed E-state index contributed by atoms with van der Waals surface area (Å²) in [5.74, 6) is -0.848. The van der Waals surface area contributed by atoms with Crippen LogP contribution >= 0.6 is 0 Å². The molecule has 2 aliphatic heterocycles. The molecule has 3 rings (SSSR count). The zero-order chi connectivity index (χ0) is 16.4. The number of benzene rings is 1. The van der Waals surface area contributed by atoms with E-state index in [1.807, 2.05) is 4.90 Å². The Bertz CT molecular complexity index is 533. The molecule has 1 N–H and O–H groups in total. The highest BCUT2D eigenvalue weighted by Crippen LogP contribution is 2.33. The lowest BCUT2D eigenvalue weighted by atomic mass is 10.1. The van der Waals surface area contributed by atoms with E-state index in [2.05, 4.69) is 10.2 Å². The Morgan fingerprint density at radius 3 is 2.48 bits per heavy atom. The van der Waals surface area contributed by atoms with Crippen molar-refractivity contribution in [3.05, 3.63) is 35.1 Å². The molecule has 1 aromatic rings. The van der Waals surface area contributed by atoms with Crippen LogP contribution in [0.1, 0.15) is 17.5 Å². The van der Waals surface area contributed by atoms with Crippen LogP contribution < -0.4 is 5.32 Å². The van der Waals surface area contributed by atoms with Crippen molar-refractivity contribution in [2.45, 2.75) is 25.2 Å². The molecular formula is C16H21F4N3. The van der Waals surface area contributed by atoms with Crippen LogP contribution in [0.3, 0.4) is 0 Å². The normalized spacial score (nSPS) is 24.3. The summed E-state index contributed by atoms with van der Waals surface area (Å²) >= 11 is 0. The van der Waals surface area contributed by atoms with Crippen molar-refractivity contribution in [1.29, 1.82) is 0 Å². The first-order valence-electron chi connectivity index (χ1n) is 7.96. The molecule has 1 aromatic carbocycles. The van der Waals surface area contributed by atoms with E-state index in [1.165, 1.54) is 6.07 Å². The third-order valence-corrected chi connectivity index (χ3v) is 4.73. The molecule has 0 amide bonds. The standard InChI is InChI=1S/C16H21F4N3/c17-13-2-1-12(15(9-13)16(18,19)20)11-22-5-7-23(8-6-22)14-3-4-21-10-14/h1-2,9,14,21H,3-8,10-11H2. The van der Waals surface area contributed by atoms with Gasteiger partial charge in [-0.3, -0.25) is 9.80 Å². The topological polar surface area (TPSA) is 18.5 Å². The lowest BCUT2D eigenvalue weighted by Crippen LogP contribution is -2.50. The number of nitrogens with one attached hydrogen (secondary N) is 1. The van der Waals surface area contributed by atoms with Crippen LogP contribution in [0.4, 0.5) is 17.6 Å². The summed E-state index contributed by atoms with van der Waals surface area (Å²) in [7, 11) is 0. The number of nitrogens with zero attached hydrogens (tertiary/aromatic N) is 2. The molecule has 2 heterocycles. The van der Waals surface area contributed by atoms with E-state index in [9.17, 15) is 17.6 Å². The molecular weight excluding hydrogens is 310 g/mol. The Labute approximate surface area is 133 Å². The van der Waals surface area contributed by atoms with Crippen LogP contribution in [-0.2, 0) is 12.7 Å². The summed E-state index contributed by atoms with van der Waals surface area (Å²) in [6, 6.07) is 3.50. The first-order chi connectivity index (χ1) is 10.9. The minimum absolute atomic E-state index is 0.148. The number of rotatable bonds is 3. The van der Waals surface area contributed by atoms with Gasteiger partial charge in [0, 0.05) is 45.3 Å². The van der Waals surface area contributed by atoms with Crippen molar-refractivity contribution in [3.63, 3.8) is 0 Å². The van der Waals surface area contributed by atoms with Gasteiger partial charge in [-0.15, -0.1) is 0 Å². The van der Waals surface area contributed by atoms with Crippen LogP contribution in [0, 0.1) is 5.82 Å². The number of hydrogen-bond acceptors (Lipinski definition) is 3. The summed E-state index contributed by atoms with van der Waals surface area (Å²) in [5, 5.41) is 3.33. The van der Waals surface area contributed by atoms with Crippen molar-refractivity contribution in [2.75, 3.05) is 39.3 Å². The Kier molecular flexibility index (Phi) is 4.89. The first kappa shape index (κ1) is 16.7. The van der Waals surface area contributed by atoms with E-state index in [1.54, 1.807) is 0 Å². The van der Waals surface area contributed by atoms with Gasteiger partial charge in [0.15, 0.2) is 0 Å². The third kappa shape index (κ3) is 4.02. The summed E-state index contributed by atoms with van der Waals surface area (Å²) in [4.78, 5) is 4.42. The van der Waals surface area contributed by atoms with Crippen molar-refractivity contribution < 1.29 is 17.6 Å². The number of halogens is 4. The SMILES string of the molecule is Fc1ccc(CN2CCN(C3CCNC3)CC2)c(C(F)(F)F)c1. The van der Waals surface area contributed by atoms with Crippen LogP contribution in [0.2, 0.25) is 0 Å². The molecule has 2 fully saturated rings. The van der Waals surface area contributed by atoms with Crippen LogP contribution in [0.5, 0.6) is 0 Å². The predicted molar refractivity (Wildman–Crippen MR) is 79.5 cm³/mol. The van der Waals surface area contributed by atoms with Gasteiger partial charge >= 0.3 is 6.18 Å². The molecule has 128 valence electrons. The third-order valence-electron chi connectivity index (χ3n) is 4.73. The molecule has 1 atom stereocenters. The van der Waals surface area contributed by atoms with Gasteiger partial charge in [0.05, 0.1) is 5.56 Å². The lowest BCUT2D eigenvalue weighted by molar-refractivity contribution is -0.138. The fourth-order valence-corrected chi connectivity index (χ4v) is 3.43. The number of alkyl halides is 3. The highest BCUT2D eigenvalue weighted by molar-refractivity contribution is 5.30. The average Bonchev–Trinajstić information content (AvgIpc) is 3.03.